The Hall–Kier alpha value is -1.03. The summed E-state index contributed by atoms with van der Waals surface area (Å²) in [6.07, 6.45) is 10.2. The van der Waals surface area contributed by atoms with E-state index in [1.165, 1.54) is 32.1 Å². The molecule has 0 aliphatic carbocycles. The molecule has 1 aliphatic rings. The largest absolute Gasteiger partial charge is 0.338 e. The van der Waals surface area contributed by atoms with Gasteiger partial charge in [0.05, 0.1) is 0 Å². The third-order valence-corrected chi connectivity index (χ3v) is 3.60. The maximum atomic E-state index is 5.87. The number of hydrogen-bond donors (Lipinski definition) is 1. The van der Waals surface area contributed by atoms with E-state index in [4.69, 9.17) is 5.73 Å². The molecule has 1 aromatic heterocycles. The fraction of sp³-hybridized carbons (Fsp3) is 0.769. The van der Waals surface area contributed by atoms with E-state index < -0.39 is 0 Å². The molecule has 1 saturated heterocycles. The van der Waals surface area contributed by atoms with Gasteiger partial charge >= 0.3 is 0 Å². The van der Waals surface area contributed by atoms with Gasteiger partial charge in [0.1, 0.15) is 0 Å². The molecule has 96 valence electrons. The summed E-state index contributed by atoms with van der Waals surface area (Å²) in [4.78, 5) is 6.93. The lowest BCUT2D eigenvalue weighted by Crippen LogP contribution is -2.45. The number of nitrogens with two attached hydrogens (primary N) is 1. The molecule has 1 unspecified atom stereocenters. The average Bonchev–Trinajstić information content (AvgIpc) is 2.84. The minimum atomic E-state index is 0.478. The second-order valence-corrected chi connectivity index (χ2v) is 4.85. The van der Waals surface area contributed by atoms with Crippen LogP contribution in [0.25, 0.3) is 0 Å². The molecule has 2 N–H and O–H groups in total. The molecule has 0 bridgehead atoms. The second-order valence-electron chi connectivity index (χ2n) is 4.85. The van der Waals surface area contributed by atoms with Crippen molar-refractivity contribution in [2.45, 2.75) is 51.6 Å². The van der Waals surface area contributed by atoms with Gasteiger partial charge in [0.25, 0.3) is 0 Å². The van der Waals surface area contributed by atoms with Gasteiger partial charge in [0.2, 0.25) is 5.95 Å². The van der Waals surface area contributed by atoms with Gasteiger partial charge in [-0.25, -0.2) is 4.98 Å². The average molecular weight is 236 g/mol. The highest BCUT2D eigenvalue weighted by atomic mass is 15.3. The van der Waals surface area contributed by atoms with Crippen molar-refractivity contribution in [2.24, 2.45) is 5.73 Å². The molecule has 1 atom stereocenters. The normalized spacial score (nSPS) is 20.8. The van der Waals surface area contributed by atoms with E-state index in [1.807, 2.05) is 6.20 Å². The molecular weight excluding hydrogens is 212 g/mol. The molecule has 1 aliphatic heterocycles. The van der Waals surface area contributed by atoms with Crippen molar-refractivity contribution in [3.63, 3.8) is 0 Å². The van der Waals surface area contributed by atoms with Gasteiger partial charge in [-0.2, -0.15) is 0 Å². The van der Waals surface area contributed by atoms with Crippen molar-refractivity contribution >= 4 is 5.95 Å². The zero-order chi connectivity index (χ0) is 12.1. The Morgan fingerprint density at radius 2 is 2.35 bits per heavy atom. The van der Waals surface area contributed by atoms with Crippen molar-refractivity contribution in [2.75, 3.05) is 18.0 Å². The zero-order valence-electron chi connectivity index (χ0n) is 10.8. The summed E-state index contributed by atoms with van der Waals surface area (Å²) >= 11 is 0. The van der Waals surface area contributed by atoms with Crippen LogP contribution in [0.4, 0.5) is 5.95 Å². The van der Waals surface area contributed by atoms with Crippen molar-refractivity contribution in [3.05, 3.63) is 12.4 Å². The molecule has 0 spiro atoms. The standard InChI is InChI=1S/C13H24N4/c1-2-3-8-16-10-7-15-13(16)17-9-5-4-6-12(17)11-14/h7,10,12H,2-6,8-9,11,14H2,1H3. The molecule has 4 nitrogen and oxygen atoms in total. The SMILES string of the molecule is CCCCn1ccnc1N1CCCCC1CN. The van der Waals surface area contributed by atoms with Gasteiger partial charge in [-0.3, -0.25) is 0 Å². The van der Waals surface area contributed by atoms with Gasteiger partial charge < -0.3 is 15.2 Å². The van der Waals surface area contributed by atoms with E-state index in [-0.39, 0.29) is 0 Å². The summed E-state index contributed by atoms with van der Waals surface area (Å²) in [5.41, 5.74) is 5.87. The number of hydrogen-bond acceptors (Lipinski definition) is 3. The Kier molecular flexibility index (Phi) is 4.42. The summed E-state index contributed by atoms with van der Waals surface area (Å²) in [5.74, 6) is 1.12. The number of aromatic nitrogens is 2. The minimum absolute atomic E-state index is 0.478. The zero-order valence-corrected chi connectivity index (χ0v) is 10.8. The third-order valence-electron chi connectivity index (χ3n) is 3.60. The fourth-order valence-electron chi connectivity index (χ4n) is 2.57. The summed E-state index contributed by atoms with van der Waals surface area (Å²) in [6.45, 7) is 5.13. The van der Waals surface area contributed by atoms with Gasteiger partial charge in [-0.05, 0) is 25.7 Å². The molecule has 17 heavy (non-hydrogen) atoms. The number of anilines is 1. The first kappa shape index (κ1) is 12.4. The monoisotopic (exact) mass is 236 g/mol. The number of nitrogens with zero attached hydrogens (tertiary/aromatic N) is 3. The maximum Gasteiger partial charge on any atom is 0.205 e. The highest BCUT2D eigenvalue weighted by molar-refractivity contribution is 5.34. The molecular formula is C13H24N4. The van der Waals surface area contributed by atoms with Crippen LogP contribution in [0.5, 0.6) is 0 Å². The first-order valence-corrected chi connectivity index (χ1v) is 6.84. The summed E-state index contributed by atoms with van der Waals surface area (Å²) < 4.78 is 2.28. The smallest absolute Gasteiger partial charge is 0.205 e. The Bertz CT molecular complexity index is 334. The molecule has 0 radical (unpaired) electrons. The fourth-order valence-corrected chi connectivity index (χ4v) is 2.57. The maximum absolute atomic E-state index is 5.87. The Labute approximate surface area is 104 Å². The van der Waals surface area contributed by atoms with Crippen molar-refractivity contribution in [1.29, 1.82) is 0 Å². The van der Waals surface area contributed by atoms with Crippen LogP contribution in [0.2, 0.25) is 0 Å². The van der Waals surface area contributed by atoms with Crippen molar-refractivity contribution in [3.8, 4) is 0 Å². The number of imidazole rings is 1. The van der Waals surface area contributed by atoms with Crippen LogP contribution in [-0.4, -0.2) is 28.7 Å². The number of piperidine rings is 1. The molecule has 2 heterocycles. The van der Waals surface area contributed by atoms with E-state index in [0.29, 0.717) is 6.04 Å². The highest BCUT2D eigenvalue weighted by Crippen LogP contribution is 2.23. The molecule has 1 fully saturated rings. The van der Waals surface area contributed by atoms with Gasteiger partial charge in [-0.15, -0.1) is 0 Å². The topological polar surface area (TPSA) is 47.1 Å². The van der Waals surface area contributed by atoms with E-state index >= 15 is 0 Å². The highest BCUT2D eigenvalue weighted by Gasteiger charge is 2.24. The summed E-state index contributed by atoms with van der Waals surface area (Å²) in [7, 11) is 0. The first-order chi connectivity index (χ1) is 8.36. The summed E-state index contributed by atoms with van der Waals surface area (Å²) in [6, 6.07) is 0.478. The van der Waals surface area contributed by atoms with Crippen LogP contribution in [0.1, 0.15) is 39.0 Å². The van der Waals surface area contributed by atoms with Crippen LogP contribution < -0.4 is 10.6 Å². The Morgan fingerprint density at radius 3 is 3.12 bits per heavy atom. The number of unbranched alkanes of at least 4 members (excludes halogenated alkanes) is 1. The van der Waals surface area contributed by atoms with E-state index in [2.05, 4.69) is 27.6 Å². The lowest BCUT2D eigenvalue weighted by molar-refractivity contribution is 0.449. The predicted octanol–water partition coefficient (Wildman–Crippen LogP) is 2.00. The Balaban J connectivity index is 2.11. The van der Waals surface area contributed by atoms with Gasteiger partial charge in [0.15, 0.2) is 0 Å². The minimum Gasteiger partial charge on any atom is -0.338 e. The Morgan fingerprint density at radius 1 is 1.47 bits per heavy atom. The molecule has 4 heteroatoms. The van der Waals surface area contributed by atoms with Crippen LogP contribution in [0, 0.1) is 0 Å². The van der Waals surface area contributed by atoms with E-state index in [9.17, 15) is 0 Å². The lowest BCUT2D eigenvalue weighted by atomic mass is 10.0. The molecule has 0 aromatic carbocycles. The predicted molar refractivity (Wildman–Crippen MR) is 71.2 cm³/mol. The van der Waals surface area contributed by atoms with Crippen LogP contribution in [0.15, 0.2) is 12.4 Å². The molecule has 0 amide bonds. The molecule has 2 rings (SSSR count). The van der Waals surface area contributed by atoms with Crippen molar-refractivity contribution < 1.29 is 0 Å². The first-order valence-electron chi connectivity index (χ1n) is 6.84. The van der Waals surface area contributed by atoms with Gasteiger partial charge in [0, 0.05) is 38.1 Å². The number of aryl methyl sites for hydroxylation is 1. The van der Waals surface area contributed by atoms with Crippen LogP contribution >= 0.6 is 0 Å². The van der Waals surface area contributed by atoms with E-state index in [0.717, 1.165) is 25.6 Å². The van der Waals surface area contributed by atoms with Crippen molar-refractivity contribution in [1.82, 2.24) is 9.55 Å². The van der Waals surface area contributed by atoms with E-state index in [1.54, 1.807) is 0 Å². The van der Waals surface area contributed by atoms with Crippen LogP contribution in [0.3, 0.4) is 0 Å². The van der Waals surface area contributed by atoms with Gasteiger partial charge in [-0.1, -0.05) is 13.3 Å². The lowest BCUT2D eigenvalue weighted by Gasteiger charge is -2.36. The quantitative estimate of drug-likeness (QED) is 0.850. The third kappa shape index (κ3) is 2.80. The molecule has 0 saturated carbocycles. The summed E-state index contributed by atoms with van der Waals surface area (Å²) in [5, 5.41) is 0. The second kappa shape index (κ2) is 6.05. The number of rotatable bonds is 5. The molecule has 1 aromatic rings. The van der Waals surface area contributed by atoms with Crippen LogP contribution in [-0.2, 0) is 6.54 Å².